The molecule has 5 rings (SSSR count). The van der Waals surface area contributed by atoms with Crippen molar-refractivity contribution in [1.82, 2.24) is 5.32 Å². The smallest absolute Gasteiger partial charge is 0.220 e. The Balaban J connectivity index is 1.45. The number of ether oxygens (including phenoxy) is 1. The molecule has 26 heavy (non-hydrogen) atoms. The van der Waals surface area contributed by atoms with Gasteiger partial charge in [-0.1, -0.05) is 44.2 Å². The zero-order valence-corrected chi connectivity index (χ0v) is 16.0. The van der Waals surface area contributed by atoms with Crippen molar-refractivity contribution in [3.05, 3.63) is 35.9 Å². The minimum atomic E-state index is 0.189. The summed E-state index contributed by atoms with van der Waals surface area (Å²) in [7, 11) is 0. The third kappa shape index (κ3) is 2.46. The molecule has 1 aliphatic heterocycles. The van der Waals surface area contributed by atoms with E-state index in [1.807, 2.05) is 0 Å². The Morgan fingerprint density at radius 1 is 1.23 bits per heavy atom. The molecule has 1 N–H and O–H groups in total. The number of rotatable bonds is 4. The van der Waals surface area contributed by atoms with Crippen LogP contribution in [0.4, 0.5) is 0 Å². The van der Waals surface area contributed by atoms with Crippen LogP contribution in [0.15, 0.2) is 30.3 Å². The molecule has 3 aliphatic carbocycles. The Kier molecular flexibility index (Phi) is 3.76. The highest BCUT2D eigenvalue weighted by Crippen LogP contribution is 2.70. The van der Waals surface area contributed by atoms with Gasteiger partial charge in [0.25, 0.3) is 0 Å². The fourth-order valence-electron chi connectivity index (χ4n) is 6.56. The molecule has 4 fully saturated rings. The summed E-state index contributed by atoms with van der Waals surface area (Å²) in [6, 6.07) is 11.0. The van der Waals surface area contributed by atoms with Crippen molar-refractivity contribution in [1.29, 1.82) is 0 Å². The Morgan fingerprint density at radius 3 is 2.73 bits per heavy atom. The molecule has 3 heteroatoms. The van der Waals surface area contributed by atoms with Gasteiger partial charge in [0.15, 0.2) is 0 Å². The number of amides is 1. The second-order valence-corrected chi connectivity index (χ2v) is 9.90. The van der Waals surface area contributed by atoms with Crippen molar-refractivity contribution in [2.24, 2.45) is 28.6 Å². The van der Waals surface area contributed by atoms with E-state index < -0.39 is 0 Å². The van der Waals surface area contributed by atoms with E-state index in [0.29, 0.717) is 23.8 Å². The van der Waals surface area contributed by atoms with E-state index in [4.69, 9.17) is 4.74 Å². The second-order valence-electron chi connectivity index (χ2n) is 9.90. The number of hydrogen-bond acceptors (Lipinski definition) is 2. The van der Waals surface area contributed by atoms with Gasteiger partial charge >= 0.3 is 0 Å². The van der Waals surface area contributed by atoms with Crippen molar-refractivity contribution >= 4 is 5.91 Å². The summed E-state index contributed by atoms with van der Waals surface area (Å²) in [6.07, 6.45) is 6.98. The van der Waals surface area contributed by atoms with Crippen molar-refractivity contribution in [3.8, 4) is 0 Å². The molecule has 1 saturated heterocycles. The zero-order valence-electron chi connectivity index (χ0n) is 16.0. The number of carbonyl (C=O) groups excluding carboxylic acids is 1. The maximum absolute atomic E-state index is 12.7. The summed E-state index contributed by atoms with van der Waals surface area (Å²) in [6.45, 7) is 5.59. The van der Waals surface area contributed by atoms with Gasteiger partial charge in [0.1, 0.15) is 0 Å². The first-order chi connectivity index (χ1) is 12.5. The van der Waals surface area contributed by atoms with Gasteiger partial charge in [0, 0.05) is 19.1 Å². The first kappa shape index (κ1) is 16.8. The minimum absolute atomic E-state index is 0.189. The molecule has 1 amide bonds. The lowest BCUT2D eigenvalue weighted by Crippen LogP contribution is -2.58. The van der Waals surface area contributed by atoms with Crippen LogP contribution in [0, 0.1) is 28.6 Å². The molecule has 1 spiro atoms. The van der Waals surface area contributed by atoms with Crippen molar-refractivity contribution < 1.29 is 9.53 Å². The normalized spacial score (nSPS) is 40.2. The fourth-order valence-corrected chi connectivity index (χ4v) is 6.56. The molecule has 1 aromatic rings. The van der Waals surface area contributed by atoms with Gasteiger partial charge in [0.05, 0.1) is 6.10 Å². The van der Waals surface area contributed by atoms with Crippen LogP contribution in [0.25, 0.3) is 0 Å². The first-order valence-corrected chi connectivity index (χ1v) is 10.5. The Hall–Kier alpha value is -1.35. The third-order valence-electron chi connectivity index (χ3n) is 8.11. The Bertz CT molecular complexity index is 695. The van der Waals surface area contributed by atoms with Gasteiger partial charge in [-0.2, -0.15) is 0 Å². The molecule has 1 aromatic carbocycles. The Morgan fingerprint density at radius 2 is 2.00 bits per heavy atom. The average Bonchev–Trinajstić information content (AvgIpc) is 3.30. The molecule has 0 aromatic heterocycles. The first-order valence-electron chi connectivity index (χ1n) is 10.5. The van der Waals surface area contributed by atoms with E-state index in [9.17, 15) is 4.79 Å². The van der Waals surface area contributed by atoms with E-state index in [1.165, 1.54) is 31.2 Å². The molecular weight excluding hydrogens is 322 g/mol. The fraction of sp³-hybridized carbons (Fsp3) is 0.696. The monoisotopic (exact) mass is 353 g/mol. The van der Waals surface area contributed by atoms with Crippen molar-refractivity contribution in [2.75, 3.05) is 6.61 Å². The predicted molar refractivity (Wildman–Crippen MR) is 101 cm³/mol. The van der Waals surface area contributed by atoms with Crippen LogP contribution in [0.2, 0.25) is 0 Å². The lowest BCUT2D eigenvalue weighted by molar-refractivity contribution is -0.137. The molecule has 1 heterocycles. The van der Waals surface area contributed by atoms with Gasteiger partial charge in [-0.25, -0.2) is 0 Å². The maximum atomic E-state index is 12.7. The lowest BCUT2D eigenvalue weighted by atomic mass is 9.59. The molecule has 3 saturated carbocycles. The number of benzene rings is 1. The molecule has 1 unspecified atom stereocenters. The number of nitrogens with one attached hydrogen (secondary N) is 1. The summed E-state index contributed by atoms with van der Waals surface area (Å²) in [5.74, 6) is 2.15. The number of fused-ring (bicyclic) bond motifs is 1. The van der Waals surface area contributed by atoms with Crippen LogP contribution in [0.1, 0.15) is 64.0 Å². The molecule has 2 bridgehead atoms. The highest BCUT2D eigenvalue weighted by Gasteiger charge is 2.68. The summed E-state index contributed by atoms with van der Waals surface area (Å²) in [5, 5.41) is 3.54. The maximum Gasteiger partial charge on any atom is 0.220 e. The molecular formula is C23H31NO2. The Labute approximate surface area is 156 Å². The van der Waals surface area contributed by atoms with E-state index >= 15 is 0 Å². The summed E-state index contributed by atoms with van der Waals surface area (Å²) >= 11 is 0. The van der Waals surface area contributed by atoms with Crippen LogP contribution in [0.5, 0.6) is 0 Å². The van der Waals surface area contributed by atoms with Gasteiger partial charge in [0.2, 0.25) is 5.91 Å². The molecule has 5 atom stereocenters. The van der Waals surface area contributed by atoms with Crippen LogP contribution in [-0.4, -0.2) is 18.6 Å². The van der Waals surface area contributed by atoms with Crippen molar-refractivity contribution in [2.45, 2.75) is 64.5 Å². The molecule has 3 nitrogen and oxygen atoms in total. The highest BCUT2D eigenvalue weighted by molar-refractivity contribution is 5.77. The van der Waals surface area contributed by atoms with Crippen LogP contribution in [0.3, 0.4) is 0 Å². The second kappa shape index (κ2) is 5.82. The third-order valence-corrected chi connectivity index (χ3v) is 8.11. The van der Waals surface area contributed by atoms with E-state index in [2.05, 4.69) is 49.5 Å². The largest absolute Gasteiger partial charge is 0.373 e. The van der Waals surface area contributed by atoms with E-state index in [1.54, 1.807) is 0 Å². The predicted octanol–water partition coefficient (Wildman–Crippen LogP) is 4.49. The van der Waals surface area contributed by atoms with E-state index in [0.717, 1.165) is 19.4 Å². The van der Waals surface area contributed by atoms with Crippen molar-refractivity contribution in [3.63, 3.8) is 0 Å². The minimum Gasteiger partial charge on any atom is -0.373 e. The molecule has 4 aliphatic rings. The molecule has 140 valence electrons. The van der Waals surface area contributed by atoms with E-state index in [-0.39, 0.29) is 22.8 Å². The standard InChI is InChI=1S/C23H31NO2/c1-22(2)17-13-18-20(16-6-4-3-5-7-16)26-11-10-23(18,14-17)21(22)24-19(25)12-15-8-9-15/h3-7,15,17-18,20-21H,8-14H2,1-2H3,(H,24,25)/t17-,18-,20-,21+,23?/m1/s1. The van der Waals surface area contributed by atoms with Crippen LogP contribution in [-0.2, 0) is 9.53 Å². The van der Waals surface area contributed by atoms with Gasteiger partial charge in [-0.3, -0.25) is 4.79 Å². The lowest BCUT2D eigenvalue weighted by Gasteiger charge is -2.53. The average molecular weight is 354 g/mol. The summed E-state index contributed by atoms with van der Waals surface area (Å²) in [5.41, 5.74) is 1.71. The molecule has 0 radical (unpaired) electrons. The van der Waals surface area contributed by atoms with Gasteiger partial charge in [-0.15, -0.1) is 0 Å². The topological polar surface area (TPSA) is 38.3 Å². The van der Waals surface area contributed by atoms with Crippen LogP contribution < -0.4 is 5.32 Å². The summed E-state index contributed by atoms with van der Waals surface area (Å²) in [4.78, 5) is 12.7. The van der Waals surface area contributed by atoms with Crippen LogP contribution >= 0.6 is 0 Å². The zero-order chi connectivity index (χ0) is 17.9. The summed E-state index contributed by atoms with van der Waals surface area (Å²) < 4.78 is 6.31. The SMILES string of the molecule is CC1(C)[C@@H]2C[C@@H]3[C@@H](c4ccccc4)OCCC3(C2)[C@H]1NC(=O)CC1CC1. The quantitative estimate of drug-likeness (QED) is 0.866. The highest BCUT2D eigenvalue weighted by atomic mass is 16.5. The van der Waals surface area contributed by atoms with Gasteiger partial charge in [-0.05, 0) is 66.3 Å². The number of carbonyl (C=O) groups is 1. The van der Waals surface area contributed by atoms with Gasteiger partial charge < -0.3 is 10.1 Å². The number of hydrogen-bond donors (Lipinski definition) is 1.